The molecule has 1 aliphatic rings. The predicted octanol–water partition coefficient (Wildman–Crippen LogP) is 4.15. The normalized spacial score (nSPS) is 18.9. The van der Waals surface area contributed by atoms with E-state index < -0.39 is 0 Å². The maximum atomic E-state index is 4.81. The summed E-state index contributed by atoms with van der Waals surface area (Å²) in [7, 11) is 2.12. The second-order valence-electron chi connectivity index (χ2n) is 6.85. The highest BCUT2D eigenvalue weighted by molar-refractivity contribution is 7.09. The highest BCUT2D eigenvalue weighted by Gasteiger charge is 2.24. The first kappa shape index (κ1) is 15.0. The van der Waals surface area contributed by atoms with E-state index in [9.17, 15) is 0 Å². The van der Waals surface area contributed by atoms with Gasteiger partial charge in [-0.05, 0) is 32.2 Å². The van der Waals surface area contributed by atoms with E-state index in [4.69, 9.17) is 4.98 Å². The van der Waals surface area contributed by atoms with E-state index in [1.165, 1.54) is 42.8 Å². The van der Waals surface area contributed by atoms with E-state index >= 15 is 0 Å². The van der Waals surface area contributed by atoms with Crippen molar-refractivity contribution in [2.45, 2.75) is 70.8 Å². The van der Waals surface area contributed by atoms with Crippen LogP contribution in [0.15, 0.2) is 5.38 Å². The summed E-state index contributed by atoms with van der Waals surface area (Å²) in [4.78, 5) is 4.81. The molecule has 1 fully saturated rings. The Morgan fingerprint density at radius 1 is 1.37 bits per heavy atom. The van der Waals surface area contributed by atoms with Crippen molar-refractivity contribution in [3.63, 3.8) is 0 Å². The Labute approximate surface area is 122 Å². The summed E-state index contributed by atoms with van der Waals surface area (Å²) >= 11 is 1.83. The molecule has 19 heavy (non-hydrogen) atoms. The fourth-order valence-electron chi connectivity index (χ4n) is 3.02. The molecule has 1 atom stereocenters. The van der Waals surface area contributed by atoms with E-state index in [-0.39, 0.29) is 5.41 Å². The molecule has 0 aliphatic heterocycles. The van der Waals surface area contributed by atoms with Crippen molar-refractivity contribution in [3.8, 4) is 0 Å². The predicted molar refractivity (Wildman–Crippen MR) is 83.9 cm³/mol. The Balaban J connectivity index is 1.88. The van der Waals surface area contributed by atoms with Gasteiger partial charge in [0.2, 0.25) is 0 Å². The number of hydrogen-bond donors (Lipinski definition) is 1. The second-order valence-corrected chi connectivity index (χ2v) is 7.80. The summed E-state index contributed by atoms with van der Waals surface area (Å²) in [6.45, 7) is 6.71. The van der Waals surface area contributed by atoms with Gasteiger partial charge in [0.05, 0.1) is 10.7 Å². The first-order chi connectivity index (χ1) is 9.00. The summed E-state index contributed by atoms with van der Waals surface area (Å²) in [6, 6.07) is 0.685. The molecule has 0 saturated heterocycles. The van der Waals surface area contributed by atoms with Gasteiger partial charge in [-0.25, -0.2) is 4.98 Å². The first-order valence-electron chi connectivity index (χ1n) is 7.63. The van der Waals surface area contributed by atoms with Crippen molar-refractivity contribution in [2.24, 2.45) is 5.92 Å². The lowest BCUT2D eigenvalue weighted by atomic mass is 9.93. The second kappa shape index (κ2) is 6.36. The number of aromatic nitrogens is 1. The van der Waals surface area contributed by atoms with Crippen molar-refractivity contribution in [3.05, 3.63) is 16.1 Å². The van der Waals surface area contributed by atoms with Gasteiger partial charge in [-0.2, -0.15) is 0 Å². The van der Waals surface area contributed by atoms with Crippen LogP contribution < -0.4 is 5.32 Å². The van der Waals surface area contributed by atoms with Crippen LogP contribution in [-0.4, -0.2) is 18.1 Å². The van der Waals surface area contributed by atoms with Crippen molar-refractivity contribution < 1.29 is 0 Å². The summed E-state index contributed by atoms with van der Waals surface area (Å²) in [5.74, 6) is 0.895. The molecule has 3 heteroatoms. The highest BCUT2D eigenvalue weighted by atomic mass is 32.1. The van der Waals surface area contributed by atoms with Crippen LogP contribution in [0.25, 0.3) is 0 Å². The van der Waals surface area contributed by atoms with Gasteiger partial charge in [0, 0.05) is 23.3 Å². The minimum Gasteiger partial charge on any atom is -0.317 e. The molecular formula is C16H28N2S. The molecule has 1 aromatic heterocycles. The number of thiazole rings is 1. The van der Waals surface area contributed by atoms with Gasteiger partial charge in [0.15, 0.2) is 0 Å². The Kier molecular flexibility index (Phi) is 5.02. The van der Waals surface area contributed by atoms with Crippen LogP contribution in [0.1, 0.15) is 63.6 Å². The lowest BCUT2D eigenvalue weighted by Crippen LogP contribution is -2.32. The largest absolute Gasteiger partial charge is 0.317 e. The van der Waals surface area contributed by atoms with Crippen LogP contribution >= 0.6 is 11.3 Å². The van der Waals surface area contributed by atoms with E-state index in [2.05, 4.69) is 38.5 Å². The number of rotatable bonds is 5. The van der Waals surface area contributed by atoms with Crippen LogP contribution in [-0.2, 0) is 11.8 Å². The Morgan fingerprint density at radius 3 is 2.58 bits per heavy atom. The topological polar surface area (TPSA) is 24.9 Å². The van der Waals surface area contributed by atoms with Crippen LogP contribution in [0.3, 0.4) is 0 Å². The third-order valence-electron chi connectivity index (χ3n) is 4.33. The molecule has 0 aromatic carbocycles. The molecule has 0 bridgehead atoms. The van der Waals surface area contributed by atoms with Crippen LogP contribution in [0.4, 0.5) is 0 Å². The average Bonchev–Trinajstić information content (AvgIpc) is 2.99. The third kappa shape index (κ3) is 4.03. The van der Waals surface area contributed by atoms with Gasteiger partial charge in [-0.15, -0.1) is 11.3 Å². The standard InChI is InChI=1S/C16H28N2S/c1-16(2,3)14-11-19-15(18-14)10-9-13(17-4)12-7-5-6-8-12/h11-13,17H,5-10H2,1-4H3. The van der Waals surface area contributed by atoms with E-state index in [0.29, 0.717) is 6.04 Å². The fourth-order valence-corrected chi connectivity index (χ4v) is 4.07. The van der Waals surface area contributed by atoms with Crippen molar-refractivity contribution in [2.75, 3.05) is 7.05 Å². The molecule has 1 heterocycles. The molecule has 0 spiro atoms. The molecule has 1 unspecified atom stereocenters. The Bertz CT molecular complexity index is 386. The molecule has 1 aromatic rings. The summed E-state index contributed by atoms with van der Waals surface area (Å²) in [5.41, 5.74) is 1.43. The van der Waals surface area contributed by atoms with E-state index in [1.807, 2.05) is 11.3 Å². The summed E-state index contributed by atoms with van der Waals surface area (Å²) < 4.78 is 0. The minimum atomic E-state index is 0.183. The maximum absolute atomic E-state index is 4.81. The molecule has 1 aliphatic carbocycles. The summed E-state index contributed by atoms with van der Waals surface area (Å²) in [5, 5.41) is 7.07. The van der Waals surface area contributed by atoms with Gasteiger partial charge >= 0.3 is 0 Å². The zero-order valence-corrected chi connectivity index (χ0v) is 13.6. The van der Waals surface area contributed by atoms with Gasteiger partial charge < -0.3 is 5.32 Å². The lowest BCUT2D eigenvalue weighted by Gasteiger charge is -2.22. The van der Waals surface area contributed by atoms with Crippen LogP contribution in [0.5, 0.6) is 0 Å². The zero-order chi connectivity index (χ0) is 13.9. The smallest absolute Gasteiger partial charge is 0.0929 e. The number of aryl methyl sites for hydroxylation is 1. The number of hydrogen-bond acceptors (Lipinski definition) is 3. The van der Waals surface area contributed by atoms with Gasteiger partial charge in [-0.1, -0.05) is 33.6 Å². The minimum absolute atomic E-state index is 0.183. The molecule has 1 N–H and O–H groups in total. The van der Waals surface area contributed by atoms with Gasteiger partial charge in [0.1, 0.15) is 0 Å². The summed E-state index contributed by atoms with van der Waals surface area (Å²) in [6.07, 6.45) is 8.04. The third-order valence-corrected chi connectivity index (χ3v) is 5.24. The highest BCUT2D eigenvalue weighted by Crippen LogP contribution is 2.30. The average molecular weight is 280 g/mol. The zero-order valence-electron chi connectivity index (χ0n) is 12.8. The van der Waals surface area contributed by atoms with Gasteiger partial charge in [-0.3, -0.25) is 0 Å². The molecular weight excluding hydrogens is 252 g/mol. The molecule has 1 saturated carbocycles. The quantitative estimate of drug-likeness (QED) is 0.876. The Hall–Kier alpha value is -0.410. The molecule has 108 valence electrons. The lowest BCUT2D eigenvalue weighted by molar-refractivity contribution is 0.359. The SMILES string of the molecule is CNC(CCc1nc(C(C)(C)C)cs1)C1CCCC1. The molecule has 0 radical (unpaired) electrons. The number of nitrogens with one attached hydrogen (secondary N) is 1. The van der Waals surface area contributed by atoms with Crippen molar-refractivity contribution in [1.82, 2.24) is 10.3 Å². The van der Waals surface area contributed by atoms with E-state index in [1.54, 1.807) is 0 Å². The van der Waals surface area contributed by atoms with Crippen molar-refractivity contribution in [1.29, 1.82) is 0 Å². The van der Waals surface area contributed by atoms with Gasteiger partial charge in [0.25, 0.3) is 0 Å². The fraction of sp³-hybridized carbons (Fsp3) is 0.812. The maximum Gasteiger partial charge on any atom is 0.0929 e. The van der Waals surface area contributed by atoms with Crippen molar-refractivity contribution >= 4 is 11.3 Å². The van der Waals surface area contributed by atoms with Crippen LogP contribution in [0, 0.1) is 5.92 Å². The molecule has 0 amide bonds. The van der Waals surface area contributed by atoms with E-state index in [0.717, 1.165) is 12.3 Å². The number of nitrogens with zero attached hydrogens (tertiary/aromatic N) is 1. The monoisotopic (exact) mass is 280 g/mol. The molecule has 2 rings (SSSR count). The Morgan fingerprint density at radius 2 is 2.05 bits per heavy atom. The first-order valence-corrected chi connectivity index (χ1v) is 8.51. The molecule has 2 nitrogen and oxygen atoms in total. The van der Waals surface area contributed by atoms with Crippen LogP contribution in [0.2, 0.25) is 0 Å².